The summed E-state index contributed by atoms with van der Waals surface area (Å²) in [5.74, 6) is 0.0110. The molecule has 1 aromatic rings. The predicted octanol–water partition coefficient (Wildman–Crippen LogP) is 2.18. The van der Waals surface area contributed by atoms with Crippen LogP contribution in [0.1, 0.15) is 23.6 Å². The van der Waals surface area contributed by atoms with Crippen molar-refractivity contribution in [1.82, 2.24) is 4.90 Å². The molecule has 0 unspecified atom stereocenters. The van der Waals surface area contributed by atoms with Crippen molar-refractivity contribution in [3.8, 4) is 0 Å². The molecule has 0 saturated heterocycles. The molecule has 1 aliphatic heterocycles. The molecule has 0 radical (unpaired) electrons. The van der Waals surface area contributed by atoms with Crippen LogP contribution < -0.4 is 0 Å². The van der Waals surface area contributed by atoms with E-state index in [9.17, 15) is 8.42 Å². The van der Waals surface area contributed by atoms with E-state index in [0.29, 0.717) is 6.42 Å². The van der Waals surface area contributed by atoms with Crippen molar-refractivity contribution in [2.75, 3.05) is 18.8 Å². The van der Waals surface area contributed by atoms with E-state index < -0.39 is 9.05 Å². The first kappa shape index (κ1) is 13.8. The first-order chi connectivity index (χ1) is 8.49. The molecule has 1 aromatic carbocycles. The molecule has 1 heterocycles. The lowest BCUT2D eigenvalue weighted by Crippen LogP contribution is -2.31. The molecule has 1 aliphatic rings. The fourth-order valence-electron chi connectivity index (χ4n) is 2.44. The van der Waals surface area contributed by atoms with Crippen LogP contribution in [0.2, 0.25) is 0 Å². The fraction of sp³-hybridized carbons (Fsp3) is 0.538. The molecular formula is C13H18ClNO2S. The topological polar surface area (TPSA) is 37.4 Å². The number of hydrogen-bond acceptors (Lipinski definition) is 3. The molecule has 0 aromatic heterocycles. The zero-order chi connectivity index (χ0) is 13.2. The van der Waals surface area contributed by atoms with Crippen molar-refractivity contribution < 1.29 is 8.42 Å². The summed E-state index contributed by atoms with van der Waals surface area (Å²) in [7, 11) is 1.87. The van der Waals surface area contributed by atoms with Gasteiger partial charge < -0.3 is 0 Å². The normalized spacial score (nSPS) is 16.6. The second kappa shape index (κ2) is 5.59. The second-order valence-corrected chi connectivity index (χ2v) is 7.56. The van der Waals surface area contributed by atoms with Crippen molar-refractivity contribution >= 4 is 19.7 Å². The third-order valence-electron chi connectivity index (χ3n) is 3.51. The number of fused-ring (bicyclic) bond motifs is 1. The van der Waals surface area contributed by atoms with Crippen molar-refractivity contribution in [3.05, 3.63) is 34.9 Å². The zero-order valence-electron chi connectivity index (χ0n) is 10.5. The number of benzene rings is 1. The van der Waals surface area contributed by atoms with Gasteiger partial charge in [0.05, 0.1) is 5.75 Å². The third kappa shape index (κ3) is 3.46. The Bertz CT molecular complexity index is 528. The Morgan fingerprint density at radius 3 is 2.83 bits per heavy atom. The van der Waals surface area contributed by atoms with Crippen LogP contribution in [0, 0.1) is 0 Å². The van der Waals surface area contributed by atoms with Gasteiger partial charge in [0.25, 0.3) is 0 Å². The van der Waals surface area contributed by atoms with Gasteiger partial charge in [-0.1, -0.05) is 25.1 Å². The lowest BCUT2D eigenvalue weighted by atomic mass is 9.94. The Kier molecular flexibility index (Phi) is 4.30. The average molecular weight is 288 g/mol. The molecule has 0 atom stereocenters. The predicted molar refractivity (Wildman–Crippen MR) is 74.4 cm³/mol. The summed E-state index contributed by atoms with van der Waals surface area (Å²) in [5.41, 5.74) is 3.77. The van der Waals surface area contributed by atoms with Gasteiger partial charge in [-0.2, -0.15) is 0 Å². The highest BCUT2D eigenvalue weighted by Gasteiger charge is 2.18. The molecule has 2 rings (SSSR count). The molecule has 0 amide bonds. The van der Waals surface area contributed by atoms with Gasteiger partial charge >= 0.3 is 0 Å². The maximum Gasteiger partial charge on any atom is 0.232 e. The van der Waals surface area contributed by atoms with E-state index in [2.05, 4.69) is 17.9 Å². The van der Waals surface area contributed by atoms with E-state index in [4.69, 9.17) is 10.7 Å². The number of nitrogens with zero attached hydrogens (tertiary/aromatic N) is 1. The van der Waals surface area contributed by atoms with Crippen LogP contribution in [0.15, 0.2) is 18.2 Å². The maximum absolute atomic E-state index is 11.0. The number of aryl methyl sites for hydroxylation is 1. The monoisotopic (exact) mass is 287 g/mol. The number of halogens is 1. The minimum atomic E-state index is -3.41. The standard InChI is InChI=1S/C13H18ClNO2S/c1-2-15-8-6-11-4-3-5-12(13(11)10-15)7-9-18(14,16)17/h3-5H,2,6-10H2,1H3. The molecule has 5 heteroatoms. The quantitative estimate of drug-likeness (QED) is 0.797. The van der Waals surface area contributed by atoms with Crippen LogP contribution in [0.5, 0.6) is 0 Å². The van der Waals surface area contributed by atoms with Gasteiger partial charge in [0, 0.05) is 23.8 Å². The van der Waals surface area contributed by atoms with Gasteiger partial charge in [0.1, 0.15) is 0 Å². The lowest BCUT2D eigenvalue weighted by molar-refractivity contribution is 0.267. The second-order valence-electron chi connectivity index (χ2n) is 4.67. The molecule has 18 heavy (non-hydrogen) atoms. The summed E-state index contributed by atoms with van der Waals surface area (Å²) < 4.78 is 22.1. The molecule has 0 bridgehead atoms. The Morgan fingerprint density at radius 1 is 1.39 bits per heavy atom. The van der Waals surface area contributed by atoms with E-state index >= 15 is 0 Å². The first-order valence-corrected chi connectivity index (χ1v) is 8.72. The smallest absolute Gasteiger partial charge is 0.232 e. The minimum absolute atomic E-state index is 0.0110. The van der Waals surface area contributed by atoms with E-state index in [0.717, 1.165) is 31.6 Å². The van der Waals surface area contributed by atoms with E-state index in [1.807, 2.05) is 12.1 Å². The Hall–Kier alpha value is -0.580. The van der Waals surface area contributed by atoms with Gasteiger partial charge in [0.15, 0.2) is 0 Å². The highest BCUT2D eigenvalue weighted by Crippen LogP contribution is 2.23. The zero-order valence-corrected chi connectivity index (χ0v) is 12.1. The van der Waals surface area contributed by atoms with Crippen molar-refractivity contribution in [3.63, 3.8) is 0 Å². The van der Waals surface area contributed by atoms with E-state index in [-0.39, 0.29) is 5.75 Å². The molecular weight excluding hydrogens is 270 g/mol. The van der Waals surface area contributed by atoms with Gasteiger partial charge in [-0.3, -0.25) is 4.90 Å². The van der Waals surface area contributed by atoms with Gasteiger partial charge in [0.2, 0.25) is 9.05 Å². The van der Waals surface area contributed by atoms with Crippen molar-refractivity contribution in [2.24, 2.45) is 0 Å². The van der Waals surface area contributed by atoms with Crippen molar-refractivity contribution in [2.45, 2.75) is 26.3 Å². The Labute approximate surface area is 113 Å². The maximum atomic E-state index is 11.0. The molecule has 3 nitrogen and oxygen atoms in total. The molecule has 0 spiro atoms. The molecule has 100 valence electrons. The van der Waals surface area contributed by atoms with Gasteiger partial charge in [-0.05, 0) is 36.1 Å². The van der Waals surface area contributed by atoms with Crippen LogP contribution >= 0.6 is 10.7 Å². The van der Waals surface area contributed by atoms with Crippen molar-refractivity contribution in [1.29, 1.82) is 0 Å². The highest BCUT2D eigenvalue weighted by molar-refractivity contribution is 8.13. The Balaban J connectivity index is 2.21. The Morgan fingerprint density at radius 2 is 2.17 bits per heavy atom. The third-order valence-corrected chi connectivity index (χ3v) is 4.67. The van der Waals surface area contributed by atoms with Gasteiger partial charge in [-0.15, -0.1) is 0 Å². The van der Waals surface area contributed by atoms with E-state index in [1.54, 1.807) is 0 Å². The first-order valence-electron chi connectivity index (χ1n) is 6.24. The molecule has 0 fully saturated rings. The van der Waals surface area contributed by atoms with Crippen LogP contribution in [-0.2, 0) is 28.4 Å². The van der Waals surface area contributed by atoms with Crippen LogP contribution in [0.4, 0.5) is 0 Å². The van der Waals surface area contributed by atoms with Crippen LogP contribution in [0.25, 0.3) is 0 Å². The summed E-state index contributed by atoms with van der Waals surface area (Å²) in [4.78, 5) is 2.38. The molecule has 0 saturated carbocycles. The summed E-state index contributed by atoms with van der Waals surface area (Å²) in [6.45, 7) is 5.18. The van der Waals surface area contributed by atoms with E-state index in [1.165, 1.54) is 11.1 Å². The SMILES string of the molecule is CCN1CCc2cccc(CCS(=O)(=O)Cl)c2C1. The number of likely N-dealkylation sites (N-methyl/N-ethyl adjacent to an activating group) is 1. The fourth-order valence-corrected chi connectivity index (χ4v) is 3.14. The molecule has 0 N–H and O–H groups in total. The summed E-state index contributed by atoms with van der Waals surface area (Å²) in [5, 5.41) is 0. The van der Waals surface area contributed by atoms with Crippen LogP contribution in [0.3, 0.4) is 0 Å². The average Bonchev–Trinajstić information content (AvgIpc) is 2.34. The largest absolute Gasteiger partial charge is 0.299 e. The lowest BCUT2D eigenvalue weighted by Gasteiger charge is -2.29. The highest BCUT2D eigenvalue weighted by atomic mass is 35.7. The summed E-state index contributed by atoms with van der Waals surface area (Å²) in [6.07, 6.45) is 1.55. The molecule has 0 aliphatic carbocycles. The summed E-state index contributed by atoms with van der Waals surface area (Å²) >= 11 is 0. The minimum Gasteiger partial charge on any atom is -0.299 e. The number of hydrogen-bond donors (Lipinski definition) is 0. The number of rotatable bonds is 4. The summed E-state index contributed by atoms with van der Waals surface area (Å²) in [6, 6.07) is 6.16. The van der Waals surface area contributed by atoms with Gasteiger partial charge in [-0.25, -0.2) is 8.42 Å². The van der Waals surface area contributed by atoms with Crippen LogP contribution in [-0.4, -0.2) is 32.2 Å².